The van der Waals surface area contributed by atoms with Gasteiger partial charge in [0, 0.05) is 6.54 Å². The first-order chi connectivity index (χ1) is 13.6. The summed E-state index contributed by atoms with van der Waals surface area (Å²) < 4.78 is 5.20. The lowest BCUT2D eigenvalue weighted by Gasteiger charge is -2.13. The van der Waals surface area contributed by atoms with E-state index in [1.54, 1.807) is 29.2 Å². The van der Waals surface area contributed by atoms with Crippen LogP contribution < -0.4 is 4.74 Å². The van der Waals surface area contributed by atoms with Crippen LogP contribution in [-0.2, 0) is 9.59 Å². The Morgan fingerprint density at radius 3 is 2.71 bits per heavy atom. The molecule has 0 unspecified atom stereocenters. The van der Waals surface area contributed by atoms with Crippen LogP contribution in [0, 0.1) is 0 Å². The highest BCUT2D eigenvalue weighted by molar-refractivity contribution is 8.18. The van der Waals surface area contributed by atoms with Gasteiger partial charge < -0.3 is 9.84 Å². The summed E-state index contributed by atoms with van der Waals surface area (Å²) in [6.45, 7) is 2.20. The second-order valence-electron chi connectivity index (χ2n) is 6.05. The monoisotopic (exact) mass is 396 g/mol. The van der Waals surface area contributed by atoms with Crippen LogP contribution in [0.15, 0.2) is 64.5 Å². The fourth-order valence-corrected chi connectivity index (χ4v) is 3.64. The second kappa shape index (κ2) is 9.23. The molecule has 3 rings (SSSR count). The van der Waals surface area contributed by atoms with Crippen molar-refractivity contribution in [3.8, 4) is 5.75 Å². The first-order valence-corrected chi connectivity index (χ1v) is 9.68. The number of benzene rings is 2. The normalized spacial score (nSPS) is 16.8. The number of aliphatic imine (C=N–C) groups is 1. The number of carboxylic acid groups (broad SMARTS) is 1. The largest absolute Gasteiger partial charge is 0.482 e. The number of carboxylic acids is 1. The van der Waals surface area contributed by atoms with Crippen LogP contribution in [0.2, 0.25) is 0 Å². The molecule has 1 aliphatic rings. The van der Waals surface area contributed by atoms with Crippen molar-refractivity contribution in [3.05, 3.63) is 65.1 Å². The number of ether oxygens (including phenoxy) is 1. The van der Waals surface area contributed by atoms with Crippen LogP contribution in [0.5, 0.6) is 5.75 Å². The lowest BCUT2D eigenvalue weighted by Crippen LogP contribution is -2.29. The van der Waals surface area contributed by atoms with Gasteiger partial charge in [0.15, 0.2) is 11.8 Å². The zero-order valence-electron chi connectivity index (χ0n) is 15.4. The molecule has 0 saturated carbocycles. The Morgan fingerprint density at radius 1 is 1.21 bits per heavy atom. The zero-order chi connectivity index (χ0) is 19.9. The van der Waals surface area contributed by atoms with E-state index in [9.17, 15) is 9.59 Å². The van der Waals surface area contributed by atoms with Crippen LogP contribution in [0.4, 0.5) is 5.69 Å². The molecule has 0 radical (unpaired) electrons. The van der Waals surface area contributed by atoms with Gasteiger partial charge in [0.1, 0.15) is 5.75 Å². The van der Waals surface area contributed by atoms with Crippen LogP contribution in [0.1, 0.15) is 18.9 Å². The number of carbonyl (C=O) groups excluding carboxylic acids is 1. The predicted molar refractivity (Wildman–Crippen MR) is 111 cm³/mol. The van der Waals surface area contributed by atoms with E-state index in [-0.39, 0.29) is 5.91 Å². The third-order valence-electron chi connectivity index (χ3n) is 3.83. The van der Waals surface area contributed by atoms with Crippen molar-refractivity contribution in [2.45, 2.75) is 13.3 Å². The van der Waals surface area contributed by atoms with Gasteiger partial charge in [0.05, 0.1) is 10.6 Å². The van der Waals surface area contributed by atoms with E-state index in [4.69, 9.17) is 9.84 Å². The van der Waals surface area contributed by atoms with Crippen molar-refractivity contribution in [3.63, 3.8) is 0 Å². The molecule has 1 N–H and O–H groups in total. The van der Waals surface area contributed by atoms with Crippen LogP contribution in [-0.4, -0.2) is 40.2 Å². The number of aliphatic carboxylic acids is 1. The van der Waals surface area contributed by atoms with E-state index in [0.29, 0.717) is 22.4 Å². The van der Waals surface area contributed by atoms with E-state index in [2.05, 4.69) is 4.99 Å². The number of thioether (sulfide) groups is 1. The Kier molecular flexibility index (Phi) is 6.49. The highest BCUT2D eigenvalue weighted by Gasteiger charge is 2.32. The highest BCUT2D eigenvalue weighted by Crippen LogP contribution is 2.34. The number of amides is 1. The molecule has 144 valence electrons. The standard InChI is InChI=1S/C21H20N2O4S/c1-2-11-23-20(26)18(28-21(23)22-16-8-4-3-5-9-16)13-15-7-6-10-17(12-15)27-14-19(24)25/h3-10,12-13H,2,11,14H2,1H3,(H,24,25)/b18-13+,22-21?. The number of carbonyl (C=O) groups is 2. The molecule has 1 amide bonds. The van der Waals surface area contributed by atoms with Crippen LogP contribution in [0.3, 0.4) is 0 Å². The van der Waals surface area contributed by atoms with Crippen molar-refractivity contribution in [1.82, 2.24) is 4.90 Å². The van der Waals surface area contributed by atoms with Crippen molar-refractivity contribution in [1.29, 1.82) is 0 Å². The predicted octanol–water partition coefficient (Wildman–Crippen LogP) is 4.16. The fraction of sp³-hybridized carbons (Fsp3) is 0.190. The van der Waals surface area contributed by atoms with Crippen molar-refractivity contribution in [2.75, 3.05) is 13.2 Å². The third-order valence-corrected chi connectivity index (χ3v) is 4.84. The summed E-state index contributed by atoms with van der Waals surface area (Å²) in [6, 6.07) is 16.5. The second-order valence-corrected chi connectivity index (χ2v) is 7.06. The maximum absolute atomic E-state index is 12.8. The number of hydrogen-bond acceptors (Lipinski definition) is 5. The van der Waals surface area contributed by atoms with Gasteiger partial charge in [-0.1, -0.05) is 37.3 Å². The Labute approximate surface area is 167 Å². The number of rotatable bonds is 7. The molecule has 6 nitrogen and oxygen atoms in total. The molecule has 0 spiro atoms. The maximum atomic E-state index is 12.8. The molecule has 0 aromatic heterocycles. The molecule has 1 aliphatic heterocycles. The summed E-state index contributed by atoms with van der Waals surface area (Å²) >= 11 is 1.33. The van der Waals surface area contributed by atoms with E-state index in [1.165, 1.54) is 11.8 Å². The number of para-hydroxylation sites is 1. The molecule has 2 aromatic rings. The van der Waals surface area contributed by atoms with E-state index in [1.807, 2.05) is 43.3 Å². The van der Waals surface area contributed by atoms with E-state index >= 15 is 0 Å². The molecule has 7 heteroatoms. The molecular formula is C21H20N2O4S. The Hall–Kier alpha value is -3.06. The quantitative estimate of drug-likeness (QED) is 0.711. The van der Waals surface area contributed by atoms with Gasteiger partial charge in [-0.2, -0.15) is 0 Å². The molecular weight excluding hydrogens is 376 g/mol. The molecule has 1 fully saturated rings. The summed E-state index contributed by atoms with van der Waals surface area (Å²) in [7, 11) is 0. The lowest BCUT2D eigenvalue weighted by atomic mass is 10.2. The minimum Gasteiger partial charge on any atom is -0.482 e. The highest BCUT2D eigenvalue weighted by atomic mass is 32.2. The molecule has 0 atom stereocenters. The van der Waals surface area contributed by atoms with Gasteiger partial charge in [-0.15, -0.1) is 0 Å². The number of hydrogen-bond donors (Lipinski definition) is 1. The molecule has 1 heterocycles. The van der Waals surface area contributed by atoms with E-state index in [0.717, 1.165) is 17.7 Å². The zero-order valence-corrected chi connectivity index (χ0v) is 16.2. The first kappa shape index (κ1) is 19.7. The lowest BCUT2D eigenvalue weighted by molar-refractivity contribution is -0.139. The summed E-state index contributed by atoms with van der Waals surface area (Å²) in [6.07, 6.45) is 2.60. The maximum Gasteiger partial charge on any atom is 0.341 e. The van der Waals surface area contributed by atoms with Crippen molar-refractivity contribution >= 4 is 40.6 Å². The Balaban J connectivity index is 1.86. The van der Waals surface area contributed by atoms with Gasteiger partial charge in [0.25, 0.3) is 5.91 Å². The molecule has 0 bridgehead atoms. The molecule has 1 saturated heterocycles. The van der Waals surface area contributed by atoms with Crippen LogP contribution in [0.25, 0.3) is 6.08 Å². The Bertz CT molecular complexity index is 925. The van der Waals surface area contributed by atoms with Gasteiger partial charge >= 0.3 is 5.97 Å². The van der Waals surface area contributed by atoms with Gasteiger partial charge in [0.2, 0.25) is 0 Å². The van der Waals surface area contributed by atoms with Crippen LogP contribution >= 0.6 is 11.8 Å². The average molecular weight is 396 g/mol. The smallest absolute Gasteiger partial charge is 0.341 e. The van der Waals surface area contributed by atoms with Crippen molar-refractivity contribution in [2.24, 2.45) is 4.99 Å². The minimum absolute atomic E-state index is 0.0848. The number of nitrogens with zero attached hydrogens (tertiary/aromatic N) is 2. The summed E-state index contributed by atoms with van der Waals surface area (Å²) in [4.78, 5) is 30.4. The van der Waals surface area contributed by atoms with Crippen molar-refractivity contribution < 1.29 is 19.4 Å². The third kappa shape index (κ3) is 5.01. The first-order valence-electron chi connectivity index (χ1n) is 8.86. The van der Waals surface area contributed by atoms with E-state index < -0.39 is 12.6 Å². The summed E-state index contributed by atoms with van der Waals surface area (Å²) in [5.74, 6) is -0.684. The summed E-state index contributed by atoms with van der Waals surface area (Å²) in [5.41, 5.74) is 1.56. The fourth-order valence-electron chi connectivity index (χ4n) is 2.62. The van der Waals surface area contributed by atoms with Gasteiger partial charge in [-0.05, 0) is 54.1 Å². The summed E-state index contributed by atoms with van der Waals surface area (Å²) in [5, 5.41) is 9.39. The van der Waals surface area contributed by atoms with Gasteiger partial charge in [-0.25, -0.2) is 9.79 Å². The Morgan fingerprint density at radius 2 is 2.00 bits per heavy atom. The topological polar surface area (TPSA) is 79.2 Å². The average Bonchev–Trinajstić information content (AvgIpc) is 2.97. The molecule has 28 heavy (non-hydrogen) atoms. The molecule has 0 aliphatic carbocycles. The molecule has 2 aromatic carbocycles. The minimum atomic E-state index is -1.04. The SMILES string of the molecule is CCCN1C(=O)/C(=C\c2cccc(OCC(=O)O)c2)SC1=Nc1ccccc1. The van der Waals surface area contributed by atoms with Gasteiger partial charge in [-0.3, -0.25) is 9.69 Å². The number of amidine groups is 1.